The van der Waals surface area contributed by atoms with Crippen LogP contribution in [0.5, 0.6) is 11.5 Å². The first-order valence-corrected chi connectivity index (χ1v) is 36.0. The maximum Gasteiger partial charge on any atom is 0.415 e. The van der Waals surface area contributed by atoms with E-state index in [2.05, 4.69) is 82.3 Å². The largest absolute Gasteiger partial charge is 0.415 e. The molecule has 9 fully saturated rings. The second kappa shape index (κ2) is 34.8. The lowest BCUT2D eigenvalue weighted by Crippen LogP contribution is -2.60. The average Bonchev–Trinajstić information content (AvgIpc) is 0.935. The molecule has 528 valence electrons. The number of halogens is 1. The summed E-state index contributed by atoms with van der Waals surface area (Å²) >= 11 is 4.92. The van der Waals surface area contributed by atoms with Crippen molar-refractivity contribution in [3.63, 3.8) is 0 Å². The van der Waals surface area contributed by atoms with Crippen LogP contribution in [-0.2, 0) is 40.3 Å². The van der Waals surface area contributed by atoms with Crippen molar-refractivity contribution in [2.24, 2.45) is 17.8 Å². The Bertz CT molecular complexity index is 3350. The highest BCUT2D eigenvalue weighted by atomic mass is 35.5. The van der Waals surface area contributed by atoms with Gasteiger partial charge in [0.25, 0.3) is 11.4 Å². The van der Waals surface area contributed by atoms with Gasteiger partial charge in [-0.3, -0.25) is 49.3 Å². The van der Waals surface area contributed by atoms with E-state index in [9.17, 15) is 49.0 Å². The number of likely N-dealkylation sites (tertiary alicyclic amines) is 2. The monoisotopic (exact) mass is 1370 g/mol. The summed E-state index contributed by atoms with van der Waals surface area (Å²) in [5, 5.41) is 27.4. The van der Waals surface area contributed by atoms with Crippen LogP contribution in [0.15, 0.2) is 97.1 Å². The minimum absolute atomic E-state index is 0.00807. The van der Waals surface area contributed by atoms with Crippen LogP contribution in [0.3, 0.4) is 0 Å². The van der Waals surface area contributed by atoms with Crippen molar-refractivity contribution in [3.8, 4) is 11.5 Å². The molecule has 0 atom stereocenters. The van der Waals surface area contributed by atoms with Gasteiger partial charge in [0.1, 0.15) is 11.5 Å². The molecule has 15 rings (SSSR count). The maximum atomic E-state index is 13.0. The fraction of sp³-hybridized carbons (Fsp3) is 0.583. The number of hydrogen-bond donors (Lipinski definition) is 2. The quantitative estimate of drug-likeness (QED) is 0.0860. The number of carbonyl (C=O) groups excluding carboxylic acids is 6. The third kappa shape index (κ3) is 19.1. The topological polar surface area (TPSA) is 260 Å². The summed E-state index contributed by atoms with van der Waals surface area (Å²) in [6, 6.07) is 29.8. The highest BCUT2D eigenvalue weighted by Crippen LogP contribution is 2.31. The van der Waals surface area contributed by atoms with Crippen molar-refractivity contribution in [2.75, 3.05) is 131 Å². The highest BCUT2D eigenvalue weighted by Gasteiger charge is 2.42. The summed E-state index contributed by atoms with van der Waals surface area (Å²) in [5.74, 6) is 1.28. The van der Waals surface area contributed by atoms with Crippen LogP contribution in [0.4, 0.5) is 25.8 Å². The number of fused-ring (bicyclic) bond motifs is 2. The lowest BCUT2D eigenvalue weighted by atomic mass is 9.91. The first kappa shape index (κ1) is 71.5. The summed E-state index contributed by atoms with van der Waals surface area (Å²) in [6.45, 7) is 18.9. The van der Waals surface area contributed by atoms with E-state index in [1.807, 2.05) is 20.8 Å². The Morgan fingerprint density at radius 3 is 1.24 bits per heavy atom. The van der Waals surface area contributed by atoms with Crippen molar-refractivity contribution in [1.29, 1.82) is 0 Å². The van der Waals surface area contributed by atoms with Gasteiger partial charge in [0.15, 0.2) is 0 Å². The number of hydrogen-bond acceptors (Lipinski definition) is 17. The van der Waals surface area contributed by atoms with E-state index in [0.29, 0.717) is 44.7 Å². The van der Waals surface area contributed by atoms with Crippen LogP contribution in [-0.4, -0.2) is 238 Å². The van der Waals surface area contributed by atoms with Gasteiger partial charge in [-0.2, -0.15) is 0 Å². The Kier molecular flexibility index (Phi) is 25.4. The molecule has 0 bridgehead atoms. The predicted octanol–water partition coefficient (Wildman–Crippen LogP) is 8.25. The van der Waals surface area contributed by atoms with E-state index < -0.39 is 21.4 Å². The predicted molar refractivity (Wildman–Crippen MR) is 370 cm³/mol. The Morgan fingerprint density at radius 1 is 0.418 bits per heavy atom. The van der Waals surface area contributed by atoms with Gasteiger partial charge in [0.2, 0.25) is 17.7 Å². The molecule has 0 aromatic heterocycles. The second-order valence-corrected chi connectivity index (χ2v) is 27.9. The van der Waals surface area contributed by atoms with Crippen LogP contribution < -0.4 is 20.1 Å². The molecular weight excluding hydrogens is 1270 g/mol. The number of ether oxygens (including phenoxy) is 2. The molecular formula is C72H96ClN13O12. The van der Waals surface area contributed by atoms with E-state index in [4.69, 9.17) is 16.3 Å². The zero-order valence-electron chi connectivity index (χ0n) is 56.4. The third-order valence-electron chi connectivity index (χ3n) is 21.3. The van der Waals surface area contributed by atoms with Gasteiger partial charge in [-0.05, 0) is 124 Å². The molecule has 6 saturated heterocycles. The molecule has 8 aliphatic heterocycles. The van der Waals surface area contributed by atoms with E-state index >= 15 is 0 Å². The molecule has 8 heterocycles. The lowest BCUT2D eigenvalue weighted by Gasteiger charge is -2.43. The number of non-ortho nitro benzene ring substituents is 2. The van der Waals surface area contributed by atoms with E-state index in [0.717, 1.165) is 142 Å². The van der Waals surface area contributed by atoms with Crippen molar-refractivity contribution in [1.82, 2.24) is 54.7 Å². The van der Waals surface area contributed by atoms with Gasteiger partial charge in [0.05, 0.1) is 27.6 Å². The number of carbonyl (C=O) groups is 6. The number of amides is 6. The van der Waals surface area contributed by atoms with Crippen molar-refractivity contribution in [2.45, 2.75) is 121 Å². The molecule has 3 aliphatic carbocycles. The summed E-state index contributed by atoms with van der Waals surface area (Å²) in [4.78, 5) is 112. The van der Waals surface area contributed by atoms with Gasteiger partial charge in [-0.25, -0.2) is 14.4 Å². The fourth-order valence-electron chi connectivity index (χ4n) is 14.4. The molecule has 25 nitrogen and oxygen atoms in total. The summed E-state index contributed by atoms with van der Waals surface area (Å²) in [6.07, 6.45) is 16.9. The van der Waals surface area contributed by atoms with Crippen LogP contribution >= 0.6 is 11.6 Å². The van der Waals surface area contributed by atoms with Crippen LogP contribution in [0.1, 0.15) is 99.3 Å². The van der Waals surface area contributed by atoms with Crippen molar-refractivity contribution < 1.29 is 48.1 Å². The third-order valence-corrected chi connectivity index (χ3v) is 21.4. The molecule has 11 aliphatic rings. The Morgan fingerprint density at radius 2 is 0.837 bits per heavy atom. The normalized spacial score (nSPS) is 21.1. The molecule has 3 saturated carbocycles. The number of benzene rings is 4. The van der Waals surface area contributed by atoms with Gasteiger partial charge in [-0.1, -0.05) is 67.8 Å². The smallest absolute Gasteiger partial charge is 0.414 e. The molecule has 0 radical (unpaired) electrons. The van der Waals surface area contributed by atoms with Crippen LogP contribution in [0.2, 0.25) is 0 Å². The van der Waals surface area contributed by atoms with Crippen LogP contribution in [0, 0.1) is 38.0 Å². The Balaban J connectivity index is 0.000000131. The molecule has 0 spiro atoms. The minimum atomic E-state index is -0.978. The molecule has 26 heteroatoms. The summed E-state index contributed by atoms with van der Waals surface area (Å²) in [7, 11) is 0. The molecule has 0 unspecified atom stereocenters. The van der Waals surface area contributed by atoms with Gasteiger partial charge in [0, 0.05) is 191 Å². The molecule has 4 aromatic carbocycles. The number of nitro groups is 2. The first-order valence-electron chi connectivity index (χ1n) is 35.6. The average molecular weight is 1370 g/mol. The summed E-state index contributed by atoms with van der Waals surface area (Å²) in [5.41, 5.74) is 4.47. The van der Waals surface area contributed by atoms with E-state index in [1.54, 1.807) is 0 Å². The van der Waals surface area contributed by atoms with Gasteiger partial charge < -0.3 is 49.5 Å². The molecule has 6 amide bonds. The van der Waals surface area contributed by atoms with E-state index in [1.165, 1.54) is 146 Å². The maximum absolute atomic E-state index is 13.0. The van der Waals surface area contributed by atoms with Crippen molar-refractivity contribution >= 4 is 58.3 Å². The van der Waals surface area contributed by atoms with Gasteiger partial charge in [-0.15, -0.1) is 0 Å². The SMILES string of the molecule is O=C(C1CN(C(=O)N2CCc3ccccc3C2)C1)N1CCCN(C2CCC2)CC1.O=C(C1CNC1)N1CCCN(C2CCC2)CC1.O=C(Cl)Oc1ccc([N+](=O)[O-])cc1.O=C(Oc1ccc([N+](=O)[O-])cc1)N1CC(C(=O)N2CCCN(C3CCC3)CC2)C1.c1ccc2c(c1)CCNC2. The highest BCUT2D eigenvalue weighted by molar-refractivity contribution is 6.61. The first-order chi connectivity index (χ1) is 47.6. The molecule has 2 N–H and O–H groups in total. The Hall–Kier alpha value is -7.81. The fourth-order valence-corrected chi connectivity index (χ4v) is 14.5. The zero-order valence-corrected chi connectivity index (χ0v) is 57.1. The Labute approximate surface area is 579 Å². The minimum Gasteiger partial charge on any atom is -0.414 e. The lowest BCUT2D eigenvalue weighted by molar-refractivity contribution is -0.385. The molecule has 98 heavy (non-hydrogen) atoms. The number of nitrogens with one attached hydrogen (secondary N) is 2. The molecule has 4 aromatic rings. The number of nitrogens with zero attached hydrogens (tertiary/aromatic N) is 11. The number of urea groups is 1. The number of rotatable bonds is 10. The van der Waals surface area contributed by atoms with E-state index in [-0.39, 0.29) is 58.5 Å². The van der Waals surface area contributed by atoms with Gasteiger partial charge >= 0.3 is 17.6 Å². The zero-order chi connectivity index (χ0) is 68.5. The van der Waals surface area contributed by atoms with Crippen molar-refractivity contribution in [3.05, 3.63) is 140 Å². The number of nitro benzene ring substituents is 2. The van der Waals surface area contributed by atoms with Crippen LogP contribution in [0.25, 0.3) is 0 Å². The second-order valence-electron chi connectivity index (χ2n) is 27.6. The standard InChI is InChI=1S/C23H32N4O2.C20H26N4O5.C13H23N3O.C9H11N.C7H4ClNO4/c28-22(25-11-4-10-24(13-14-25)21-7-3-8-21)20-16-27(17-20)23(29)26-12-9-18-5-1-2-6-19(18)15-26;25-19(22-10-2-9-21(11-12-22)16-3-1-4-16)15-13-23(14-15)20(26)29-18-7-5-17(6-8-18)24(27)28;17-13(11-9-14-10-11)16-6-2-5-15(7-8-16)12-3-1-4-12;1-2-4-9-7-10-6-5-8(9)3-1;8-7(10)13-6-3-1-5(2-4-6)9(11)12/h1-2,5-6,20-21H,3-4,7-17H2;5-8,15-16H,1-4,9-14H2;11-12,14H,1-10H2;1-4,10H,5-7H2;1-4H. The summed E-state index contributed by atoms with van der Waals surface area (Å²) < 4.78 is 9.69.